The van der Waals surface area contributed by atoms with E-state index < -0.39 is 0 Å². The number of nitrogens with zero attached hydrogens (tertiary/aromatic N) is 2. The first-order valence-corrected chi connectivity index (χ1v) is 7.24. The second kappa shape index (κ2) is 6.43. The highest BCUT2D eigenvalue weighted by Gasteiger charge is 2.24. The van der Waals surface area contributed by atoms with Crippen molar-refractivity contribution in [1.82, 2.24) is 15.3 Å². The molecule has 7 nitrogen and oxygen atoms in total. The molecular weight excluding hydrogens is 296 g/mol. The fourth-order valence-corrected chi connectivity index (χ4v) is 1.95. The average molecular weight is 312 g/mol. The van der Waals surface area contributed by atoms with E-state index in [0.29, 0.717) is 17.1 Å². The van der Waals surface area contributed by atoms with Gasteiger partial charge in [0.15, 0.2) is 0 Å². The summed E-state index contributed by atoms with van der Waals surface area (Å²) in [5, 5.41) is 5.91. The lowest BCUT2D eigenvalue weighted by molar-refractivity contribution is 0.0600. The Labute approximate surface area is 133 Å². The number of amides is 1. The molecule has 3 rings (SSSR count). The molecule has 0 bridgehead atoms. The van der Waals surface area contributed by atoms with Gasteiger partial charge in [0.25, 0.3) is 5.91 Å². The Morgan fingerprint density at radius 1 is 1.13 bits per heavy atom. The lowest BCUT2D eigenvalue weighted by Crippen LogP contribution is -2.26. The SMILES string of the molecule is COC(=O)c1ccc(Nc2cnc(C(=O)NC3CC3)cn2)cc1. The predicted octanol–water partition coefficient (Wildman–Crippen LogP) is 1.90. The topological polar surface area (TPSA) is 93.2 Å². The number of anilines is 2. The summed E-state index contributed by atoms with van der Waals surface area (Å²) in [6.45, 7) is 0. The Balaban J connectivity index is 1.63. The van der Waals surface area contributed by atoms with Crippen LogP contribution in [0.15, 0.2) is 36.7 Å². The zero-order valence-electron chi connectivity index (χ0n) is 12.6. The quantitative estimate of drug-likeness (QED) is 0.819. The van der Waals surface area contributed by atoms with E-state index in [4.69, 9.17) is 0 Å². The molecule has 1 saturated carbocycles. The highest BCUT2D eigenvalue weighted by atomic mass is 16.5. The standard InChI is InChI=1S/C16H16N4O3/c1-23-16(22)10-2-4-11(5-3-10)19-14-9-17-13(8-18-14)15(21)20-12-6-7-12/h2-5,8-9,12H,6-7H2,1H3,(H,18,19)(H,20,21). The van der Waals surface area contributed by atoms with E-state index in [0.717, 1.165) is 18.5 Å². The summed E-state index contributed by atoms with van der Waals surface area (Å²) in [5.41, 5.74) is 1.52. The van der Waals surface area contributed by atoms with Gasteiger partial charge < -0.3 is 15.4 Å². The van der Waals surface area contributed by atoms with Crippen LogP contribution >= 0.6 is 0 Å². The molecule has 1 heterocycles. The number of esters is 1. The van der Waals surface area contributed by atoms with Crippen molar-refractivity contribution >= 4 is 23.4 Å². The van der Waals surface area contributed by atoms with Crippen LogP contribution in [0.5, 0.6) is 0 Å². The van der Waals surface area contributed by atoms with Gasteiger partial charge in [0, 0.05) is 11.7 Å². The number of ether oxygens (including phenoxy) is 1. The maximum atomic E-state index is 11.8. The summed E-state index contributed by atoms with van der Waals surface area (Å²) in [6.07, 6.45) is 4.99. The van der Waals surface area contributed by atoms with Crippen LogP contribution in [0.2, 0.25) is 0 Å². The van der Waals surface area contributed by atoms with E-state index in [1.807, 2.05) is 0 Å². The van der Waals surface area contributed by atoms with E-state index in [1.54, 1.807) is 24.3 Å². The van der Waals surface area contributed by atoms with Crippen LogP contribution in [-0.4, -0.2) is 35.0 Å². The second-order valence-corrected chi connectivity index (χ2v) is 5.23. The van der Waals surface area contributed by atoms with Crippen molar-refractivity contribution in [3.8, 4) is 0 Å². The molecule has 1 aliphatic rings. The minimum atomic E-state index is -0.387. The van der Waals surface area contributed by atoms with E-state index in [-0.39, 0.29) is 17.9 Å². The fraction of sp³-hybridized carbons (Fsp3) is 0.250. The Morgan fingerprint density at radius 2 is 1.87 bits per heavy atom. The number of aromatic nitrogens is 2. The second-order valence-electron chi connectivity index (χ2n) is 5.23. The lowest BCUT2D eigenvalue weighted by Gasteiger charge is -2.07. The molecule has 1 aliphatic carbocycles. The molecule has 23 heavy (non-hydrogen) atoms. The number of methoxy groups -OCH3 is 1. The van der Waals surface area contributed by atoms with Crippen molar-refractivity contribution < 1.29 is 14.3 Å². The molecule has 2 aromatic rings. The highest BCUT2D eigenvalue weighted by molar-refractivity contribution is 5.92. The van der Waals surface area contributed by atoms with Gasteiger partial charge in [0.1, 0.15) is 11.5 Å². The van der Waals surface area contributed by atoms with Crippen molar-refractivity contribution in [2.75, 3.05) is 12.4 Å². The minimum Gasteiger partial charge on any atom is -0.465 e. The van der Waals surface area contributed by atoms with Gasteiger partial charge in [0.05, 0.1) is 25.1 Å². The number of benzene rings is 1. The number of hydrogen-bond donors (Lipinski definition) is 2. The highest BCUT2D eigenvalue weighted by Crippen LogP contribution is 2.19. The van der Waals surface area contributed by atoms with Crippen molar-refractivity contribution in [2.24, 2.45) is 0 Å². The maximum Gasteiger partial charge on any atom is 0.337 e. The van der Waals surface area contributed by atoms with Crippen LogP contribution < -0.4 is 10.6 Å². The smallest absolute Gasteiger partial charge is 0.337 e. The molecule has 1 aromatic carbocycles. The summed E-state index contributed by atoms with van der Waals surface area (Å²) in [7, 11) is 1.34. The molecule has 1 fully saturated rings. The first-order chi connectivity index (χ1) is 11.2. The Bertz CT molecular complexity index is 709. The molecule has 0 atom stereocenters. The number of carbonyl (C=O) groups excluding carboxylic acids is 2. The molecule has 0 unspecified atom stereocenters. The summed E-state index contributed by atoms with van der Waals surface area (Å²) in [5.74, 6) is -0.0739. The molecular formula is C16H16N4O3. The van der Waals surface area contributed by atoms with Crippen LogP contribution in [0.1, 0.15) is 33.7 Å². The zero-order chi connectivity index (χ0) is 16.2. The van der Waals surface area contributed by atoms with E-state index >= 15 is 0 Å². The number of carbonyl (C=O) groups is 2. The van der Waals surface area contributed by atoms with Crippen LogP contribution in [0.3, 0.4) is 0 Å². The van der Waals surface area contributed by atoms with Crippen LogP contribution in [0, 0.1) is 0 Å². The van der Waals surface area contributed by atoms with Gasteiger partial charge in [-0.3, -0.25) is 4.79 Å². The molecule has 0 spiro atoms. The number of nitrogens with one attached hydrogen (secondary N) is 2. The molecule has 1 amide bonds. The van der Waals surface area contributed by atoms with E-state index in [1.165, 1.54) is 19.5 Å². The first-order valence-electron chi connectivity index (χ1n) is 7.24. The number of rotatable bonds is 5. The van der Waals surface area contributed by atoms with Gasteiger partial charge in [0.2, 0.25) is 0 Å². The Kier molecular flexibility index (Phi) is 4.18. The molecule has 0 radical (unpaired) electrons. The van der Waals surface area contributed by atoms with Crippen molar-refractivity contribution in [3.63, 3.8) is 0 Å². The van der Waals surface area contributed by atoms with Gasteiger partial charge in [-0.15, -0.1) is 0 Å². The third-order valence-electron chi connectivity index (χ3n) is 3.38. The lowest BCUT2D eigenvalue weighted by atomic mass is 10.2. The molecule has 1 aromatic heterocycles. The van der Waals surface area contributed by atoms with Gasteiger partial charge in [-0.05, 0) is 37.1 Å². The average Bonchev–Trinajstić information content (AvgIpc) is 3.39. The van der Waals surface area contributed by atoms with Gasteiger partial charge >= 0.3 is 5.97 Å². The summed E-state index contributed by atoms with van der Waals surface area (Å²) >= 11 is 0. The Hall–Kier alpha value is -2.96. The van der Waals surface area contributed by atoms with E-state index in [9.17, 15) is 9.59 Å². The van der Waals surface area contributed by atoms with Crippen LogP contribution in [0.25, 0.3) is 0 Å². The van der Waals surface area contributed by atoms with E-state index in [2.05, 4.69) is 25.3 Å². The Morgan fingerprint density at radius 3 is 2.43 bits per heavy atom. The molecule has 0 aliphatic heterocycles. The molecule has 7 heteroatoms. The van der Waals surface area contributed by atoms with Crippen LogP contribution in [-0.2, 0) is 4.74 Å². The molecule has 0 saturated heterocycles. The van der Waals surface area contributed by atoms with Gasteiger partial charge in [-0.1, -0.05) is 0 Å². The summed E-state index contributed by atoms with van der Waals surface area (Å²) in [6, 6.07) is 7.07. The minimum absolute atomic E-state index is 0.200. The summed E-state index contributed by atoms with van der Waals surface area (Å²) in [4.78, 5) is 31.5. The number of hydrogen-bond acceptors (Lipinski definition) is 6. The van der Waals surface area contributed by atoms with Crippen LogP contribution in [0.4, 0.5) is 11.5 Å². The fourth-order valence-electron chi connectivity index (χ4n) is 1.95. The van der Waals surface area contributed by atoms with Crippen molar-refractivity contribution in [2.45, 2.75) is 18.9 Å². The molecule has 118 valence electrons. The van der Waals surface area contributed by atoms with Gasteiger partial charge in [-0.25, -0.2) is 14.8 Å². The third-order valence-corrected chi connectivity index (χ3v) is 3.38. The predicted molar refractivity (Wildman–Crippen MR) is 83.6 cm³/mol. The van der Waals surface area contributed by atoms with Gasteiger partial charge in [-0.2, -0.15) is 0 Å². The zero-order valence-corrected chi connectivity index (χ0v) is 12.6. The first kappa shape index (κ1) is 15.0. The van der Waals surface area contributed by atoms with Crippen molar-refractivity contribution in [1.29, 1.82) is 0 Å². The van der Waals surface area contributed by atoms with Crippen molar-refractivity contribution in [3.05, 3.63) is 47.9 Å². The molecule has 2 N–H and O–H groups in total. The monoisotopic (exact) mass is 312 g/mol. The third kappa shape index (κ3) is 3.82. The largest absolute Gasteiger partial charge is 0.465 e. The normalized spacial score (nSPS) is 13.3. The summed E-state index contributed by atoms with van der Waals surface area (Å²) < 4.78 is 4.64. The maximum absolute atomic E-state index is 11.8.